The summed E-state index contributed by atoms with van der Waals surface area (Å²) in [6, 6.07) is 28.0. The van der Waals surface area contributed by atoms with Crippen molar-refractivity contribution < 1.29 is 23.9 Å². The van der Waals surface area contributed by atoms with Crippen molar-refractivity contribution >= 4 is 17.8 Å². The minimum atomic E-state index is -0.449. The van der Waals surface area contributed by atoms with Gasteiger partial charge >= 0.3 is 0 Å². The van der Waals surface area contributed by atoms with Crippen LogP contribution in [0.3, 0.4) is 0 Å². The second kappa shape index (κ2) is 12.7. The molecule has 0 heterocycles. The summed E-state index contributed by atoms with van der Waals surface area (Å²) in [5, 5.41) is 14.9. The summed E-state index contributed by atoms with van der Waals surface area (Å²) in [5.74, 6) is 1.03. The average Bonchev–Trinajstić information content (AvgIpc) is 2.96. The van der Waals surface area contributed by atoms with Crippen LogP contribution in [0.25, 0.3) is 0 Å². The number of ether oxygens (including phenoxy) is 3. The first-order valence-corrected chi connectivity index (χ1v) is 11.7. The third-order valence-corrected chi connectivity index (χ3v) is 5.48. The Morgan fingerprint density at radius 1 is 0.842 bits per heavy atom. The standard InChI is InChI=1S/C29H25N3O6/c1-36-28-17-23(13-16-27(28)38-20-22-11-14-24(15-12-22)32(34)35)18-30-31-29(33)25-9-5-6-10-26(25)37-19-21-7-3-2-4-8-21/h2-18H,19-20H2,1H3,(H,31,33)/b30-18+. The van der Waals surface area contributed by atoms with Crippen molar-refractivity contribution in [3.63, 3.8) is 0 Å². The van der Waals surface area contributed by atoms with Crippen molar-refractivity contribution in [2.45, 2.75) is 13.2 Å². The van der Waals surface area contributed by atoms with E-state index in [1.54, 1.807) is 54.6 Å². The van der Waals surface area contributed by atoms with Crippen molar-refractivity contribution in [2.75, 3.05) is 7.11 Å². The maximum absolute atomic E-state index is 12.7. The Hall–Kier alpha value is -5.18. The second-order valence-corrected chi connectivity index (χ2v) is 8.09. The number of rotatable bonds is 11. The largest absolute Gasteiger partial charge is 0.493 e. The summed E-state index contributed by atoms with van der Waals surface area (Å²) in [7, 11) is 1.52. The molecule has 0 radical (unpaired) electrons. The highest BCUT2D eigenvalue weighted by Crippen LogP contribution is 2.28. The Morgan fingerprint density at radius 3 is 2.21 bits per heavy atom. The van der Waals surface area contributed by atoms with Crippen LogP contribution in [0.4, 0.5) is 5.69 Å². The molecule has 1 N–H and O–H groups in total. The molecule has 0 aliphatic heterocycles. The third kappa shape index (κ3) is 6.94. The topological polar surface area (TPSA) is 112 Å². The summed E-state index contributed by atoms with van der Waals surface area (Å²) >= 11 is 0. The molecule has 192 valence electrons. The molecule has 9 nitrogen and oxygen atoms in total. The molecule has 4 rings (SSSR count). The maximum atomic E-state index is 12.7. The fourth-order valence-corrected chi connectivity index (χ4v) is 3.50. The van der Waals surface area contributed by atoms with E-state index in [0.29, 0.717) is 35.0 Å². The number of nitrogens with zero attached hydrogens (tertiary/aromatic N) is 2. The normalized spacial score (nSPS) is 10.7. The molecule has 0 aromatic heterocycles. The Kier molecular flexibility index (Phi) is 8.64. The SMILES string of the molecule is COc1cc(/C=N/NC(=O)c2ccccc2OCc2ccccc2)ccc1OCc1ccc([N+](=O)[O-])cc1. The summed E-state index contributed by atoms with van der Waals surface area (Å²) in [6.07, 6.45) is 1.49. The summed E-state index contributed by atoms with van der Waals surface area (Å²) in [4.78, 5) is 23.1. The fourth-order valence-electron chi connectivity index (χ4n) is 3.50. The molecule has 0 saturated heterocycles. The van der Waals surface area contributed by atoms with Gasteiger partial charge in [0.15, 0.2) is 11.5 Å². The van der Waals surface area contributed by atoms with Gasteiger partial charge in [0, 0.05) is 12.1 Å². The van der Waals surface area contributed by atoms with E-state index in [2.05, 4.69) is 10.5 Å². The van der Waals surface area contributed by atoms with Crippen molar-refractivity contribution in [2.24, 2.45) is 5.10 Å². The van der Waals surface area contributed by atoms with Crippen LogP contribution >= 0.6 is 0 Å². The monoisotopic (exact) mass is 511 g/mol. The van der Waals surface area contributed by atoms with Crippen LogP contribution in [0.1, 0.15) is 27.0 Å². The molecule has 0 unspecified atom stereocenters. The lowest BCUT2D eigenvalue weighted by Crippen LogP contribution is -2.18. The molecule has 0 fully saturated rings. The smallest absolute Gasteiger partial charge is 0.275 e. The van der Waals surface area contributed by atoms with E-state index >= 15 is 0 Å². The number of carbonyl (C=O) groups is 1. The van der Waals surface area contributed by atoms with E-state index in [1.807, 2.05) is 30.3 Å². The zero-order valence-corrected chi connectivity index (χ0v) is 20.6. The van der Waals surface area contributed by atoms with Crippen molar-refractivity contribution in [1.82, 2.24) is 5.43 Å². The molecular weight excluding hydrogens is 486 g/mol. The van der Waals surface area contributed by atoms with Crippen LogP contribution in [0.5, 0.6) is 17.2 Å². The zero-order valence-electron chi connectivity index (χ0n) is 20.6. The van der Waals surface area contributed by atoms with Gasteiger partial charge in [-0.05, 0) is 59.2 Å². The molecule has 0 aliphatic carbocycles. The molecule has 0 aliphatic rings. The summed E-state index contributed by atoms with van der Waals surface area (Å²) in [5.41, 5.74) is 5.37. The molecule has 4 aromatic carbocycles. The molecule has 38 heavy (non-hydrogen) atoms. The molecule has 0 atom stereocenters. The predicted molar refractivity (Wildman–Crippen MR) is 143 cm³/mol. The Balaban J connectivity index is 1.35. The van der Waals surface area contributed by atoms with E-state index in [4.69, 9.17) is 14.2 Å². The van der Waals surface area contributed by atoms with Gasteiger partial charge in [-0.15, -0.1) is 0 Å². The highest BCUT2D eigenvalue weighted by atomic mass is 16.6. The van der Waals surface area contributed by atoms with Crippen molar-refractivity contribution in [3.8, 4) is 17.2 Å². The number of hydrogen-bond acceptors (Lipinski definition) is 7. The molecule has 1 amide bonds. The lowest BCUT2D eigenvalue weighted by atomic mass is 10.2. The van der Waals surface area contributed by atoms with Crippen LogP contribution in [0, 0.1) is 10.1 Å². The molecule has 0 spiro atoms. The summed E-state index contributed by atoms with van der Waals surface area (Å²) in [6.45, 7) is 0.552. The van der Waals surface area contributed by atoms with Crippen LogP contribution < -0.4 is 19.6 Å². The van der Waals surface area contributed by atoms with Gasteiger partial charge in [-0.1, -0.05) is 42.5 Å². The number of carbonyl (C=O) groups excluding carboxylic acids is 1. The van der Waals surface area contributed by atoms with Gasteiger partial charge in [-0.25, -0.2) is 5.43 Å². The molecule has 9 heteroatoms. The zero-order chi connectivity index (χ0) is 26.7. The first kappa shape index (κ1) is 25.9. The second-order valence-electron chi connectivity index (χ2n) is 8.09. The van der Waals surface area contributed by atoms with E-state index in [-0.39, 0.29) is 12.3 Å². The Morgan fingerprint density at radius 2 is 1.50 bits per heavy atom. The minimum Gasteiger partial charge on any atom is -0.493 e. The van der Waals surface area contributed by atoms with E-state index in [9.17, 15) is 14.9 Å². The van der Waals surface area contributed by atoms with Gasteiger partial charge in [0.05, 0.1) is 23.8 Å². The fraction of sp³-hybridized carbons (Fsp3) is 0.103. The minimum absolute atomic E-state index is 0.0188. The molecule has 0 bridgehead atoms. The lowest BCUT2D eigenvalue weighted by molar-refractivity contribution is -0.384. The van der Waals surface area contributed by atoms with Gasteiger partial charge in [0.2, 0.25) is 0 Å². The Bertz CT molecular complexity index is 1420. The molecule has 0 saturated carbocycles. The number of hydrazone groups is 1. The van der Waals surface area contributed by atoms with E-state index in [1.165, 1.54) is 25.5 Å². The molecular formula is C29H25N3O6. The van der Waals surface area contributed by atoms with Crippen LogP contribution in [0.2, 0.25) is 0 Å². The highest BCUT2D eigenvalue weighted by molar-refractivity contribution is 5.97. The number of benzene rings is 4. The van der Waals surface area contributed by atoms with Gasteiger partial charge in [-0.2, -0.15) is 5.10 Å². The third-order valence-electron chi connectivity index (χ3n) is 5.48. The van der Waals surface area contributed by atoms with E-state index < -0.39 is 10.8 Å². The number of methoxy groups -OCH3 is 1. The van der Waals surface area contributed by atoms with Crippen LogP contribution in [-0.2, 0) is 13.2 Å². The summed E-state index contributed by atoms with van der Waals surface area (Å²) < 4.78 is 17.1. The number of nitrogens with one attached hydrogen (secondary N) is 1. The van der Waals surface area contributed by atoms with E-state index in [0.717, 1.165) is 11.1 Å². The van der Waals surface area contributed by atoms with Crippen molar-refractivity contribution in [1.29, 1.82) is 0 Å². The highest BCUT2D eigenvalue weighted by Gasteiger charge is 2.12. The number of amides is 1. The van der Waals surface area contributed by atoms with Gasteiger partial charge in [0.1, 0.15) is 19.0 Å². The number of para-hydroxylation sites is 1. The number of nitro benzene ring substituents is 1. The van der Waals surface area contributed by atoms with Gasteiger partial charge in [-0.3, -0.25) is 14.9 Å². The predicted octanol–water partition coefficient (Wildman–Crippen LogP) is 5.53. The maximum Gasteiger partial charge on any atom is 0.275 e. The Labute approximate surface area is 219 Å². The lowest BCUT2D eigenvalue weighted by Gasteiger charge is -2.11. The van der Waals surface area contributed by atoms with Crippen molar-refractivity contribution in [3.05, 3.63) is 129 Å². The van der Waals surface area contributed by atoms with Gasteiger partial charge < -0.3 is 14.2 Å². The quantitative estimate of drug-likeness (QED) is 0.161. The van der Waals surface area contributed by atoms with Crippen LogP contribution in [0.15, 0.2) is 102 Å². The number of nitro groups is 1. The first-order chi connectivity index (χ1) is 18.5. The number of non-ortho nitro benzene ring substituents is 1. The van der Waals surface area contributed by atoms with Crippen LogP contribution in [-0.4, -0.2) is 24.2 Å². The molecule has 4 aromatic rings. The first-order valence-electron chi connectivity index (χ1n) is 11.7. The average molecular weight is 512 g/mol. The van der Waals surface area contributed by atoms with Gasteiger partial charge in [0.25, 0.3) is 11.6 Å². The number of hydrogen-bond donors (Lipinski definition) is 1.